The molecule has 0 saturated carbocycles. The van der Waals surface area contributed by atoms with Crippen molar-refractivity contribution in [1.82, 2.24) is 7.96 Å². The van der Waals surface area contributed by atoms with Crippen LogP contribution in [0.1, 0.15) is 12.8 Å². The Morgan fingerprint density at radius 1 is 1.38 bits per heavy atom. The van der Waals surface area contributed by atoms with Gasteiger partial charge >= 0.3 is 100.0 Å². The van der Waals surface area contributed by atoms with E-state index in [0.717, 1.165) is 36.4 Å². The minimum atomic E-state index is 0.0448. The van der Waals surface area contributed by atoms with E-state index < -0.39 is 0 Å². The van der Waals surface area contributed by atoms with Crippen molar-refractivity contribution in [2.24, 2.45) is 0 Å². The summed E-state index contributed by atoms with van der Waals surface area (Å²) in [5, 5.41) is 3.51. The number of ether oxygens (including phenoxy) is 1. The second kappa shape index (κ2) is 4.53. The molecule has 1 aliphatic rings. The quantitative estimate of drug-likeness (QED) is 0.843. The van der Waals surface area contributed by atoms with Gasteiger partial charge in [0.15, 0.2) is 0 Å². The Morgan fingerprint density at radius 2 is 2.38 bits per heavy atom. The van der Waals surface area contributed by atoms with Crippen LogP contribution in [-0.2, 0) is 4.74 Å². The van der Waals surface area contributed by atoms with Crippen LogP contribution in [0.4, 0.5) is 5.69 Å². The first-order valence-corrected chi connectivity index (χ1v) is 7.02. The average molecular weight is 282 g/mol. The number of hydrogen-bond acceptors (Lipinski definition) is 4. The van der Waals surface area contributed by atoms with Gasteiger partial charge in [-0.25, -0.2) is 0 Å². The Labute approximate surface area is 100 Å². The van der Waals surface area contributed by atoms with Gasteiger partial charge in [-0.15, -0.1) is 0 Å². The van der Waals surface area contributed by atoms with E-state index in [0.29, 0.717) is 6.04 Å². The molecule has 0 spiro atoms. The molecule has 1 aromatic carbocycles. The zero-order valence-corrected chi connectivity index (χ0v) is 10.6. The zero-order chi connectivity index (χ0) is 10.8. The zero-order valence-electron chi connectivity index (χ0n) is 8.85. The monoisotopic (exact) mass is 283 g/mol. The molecule has 1 aromatic heterocycles. The third kappa shape index (κ3) is 1.98. The van der Waals surface area contributed by atoms with Gasteiger partial charge in [-0.2, -0.15) is 0 Å². The summed E-state index contributed by atoms with van der Waals surface area (Å²) in [6.07, 6.45) is 2.31. The van der Waals surface area contributed by atoms with Gasteiger partial charge in [0, 0.05) is 0 Å². The maximum atomic E-state index is 5.46. The molecule has 1 fully saturated rings. The third-order valence-corrected chi connectivity index (χ3v) is 3.94. The van der Waals surface area contributed by atoms with Crippen molar-refractivity contribution >= 4 is 31.7 Å². The topological polar surface area (TPSA) is 47.0 Å². The summed E-state index contributed by atoms with van der Waals surface area (Å²) in [6.45, 7) is 1.69. The van der Waals surface area contributed by atoms with Crippen molar-refractivity contribution < 1.29 is 4.74 Å². The summed E-state index contributed by atoms with van der Waals surface area (Å²) in [5.41, 5.74) is 3.17. The van der Waals surface area contributed by atoms with E-state index in [1.54, 1.807) is 0 Å². The average Bonchev–Trinajstić information content (AvgIpc) is 2.80. The Balaban J connectivity index is 1.85. The molecule has 1 aliphatic heterocycles. The van der Waals surface area contributed by atoms with Crippen LogP contribution in [0.2, 0.25) is 0 Å². The number of fused-ring (bicyclic) bond motifs is 1. The molecule has 1 saturated heterocycles. The van der Waals surface area contributed by atoms with E-state index >= 15 is 0 Å². The van der Waals surface area contributed by atoms with Crippen LogP contribution < -0.4 is 5.32 Å². The van der Waals surface area contributed by atoms with Crippen LogP contribution in [-0.4, -0.2) is 42.2 Å². The number of benzene rings is 1. The van der Waals surface area contributed by atoms with Gasteiger partial charge in [-0.1, -0.05) is 0 Å². The molecule has 2 aromatic rings. The van der Waals surface area contributed by atoms with Gasteiger partial charge in [0.25, 0.3) is 0 Å². The number of nitrogens with one attached hydrogen (secondary N) is 1. The number of rotatable bonds is 2. The molecular formula is C11H13N3OSe. The molecule has 4 nitrogen and oxygen atoms in total. The molecule has 0 radical (unpaired) electrons. The van der Waals surface area contributed by atoms with Crippen molar-refractivity contribution in [3.63, 3.8) is 0 Å². The predicted molar refractivity (Wildman–Crippen MR) is 63.9 cm³/mol. The molecule has 0 bridgehead atoms. The van der Waals surface area contributed by atoms with E-state index in [1.807, 2.05) is 12.1 Å². The Kier molecular flexibility index (Phi) is 2.91. The summed E-state index contributed by atoms with van der Waals surface area (Å²) in [4.78, 5) is 0. The molecule has 0 amide bonds. The summed E-state index contributed by atoms with van der Waals surface area (Å²) >= 11 is 0.0448. The Morgan fingerprint density at radius 3 is 3.25 bits per heavy atom. The van der Waals surface area contributed by atoms with Crippen LogP contribution in [0.15, 0.2) is 18.2 Å². The first kappa shape index (κ1) is 10.3. The fourth-order valence-electron chi connectivity index (χ4n) is 2.00. The van der Waals surface area contributed by atoms with Gasteiger partial charge in [0.1, 0.15) is 0 Å². The molecular weight excluding hydrogens is 269 g/mol. The normalized spacial score (nSPS) is 21.1. The van der Waals surface area contributed by atoms with Crippen LogP contribution in [0.25, 0.3) is 11.0 Å². The summed E-state index contributed by atoms with van der Waals surface area (Å²) in [5.74, 6) is 0. The Hall–Kier alpha value is -0.901. The summed E-state index contributed by atoms with van der Waals surface area (Å²) < 4.78 is 14.3. The molecule has 0 aliphatic carbocycles. The van der Waals surface area contributed by atoms with Gasteiger partial charge in [0.05, 0.1) is 0 Å². The van der Waals surface area contributed by atoms with Crippen LogP contribution in [0.3, 0.4) is 0 Å². The summed E-state index contributed by atoms with van der Waals surface area (Å²) in [7, 11) is 0. The SMILES string of the molecule is c1cc(NC2CCCOC2)c2n[se]nc2c1. The first-order valence-electron chi connectivity index (χ1n) is 5.49. The molecule has 5 heteroatoms. The third-order valence-electron chi connectivity index (χ3n) is 2.81. The predicted octanol–water partition coefficient (Wildman–Crippen LogP) is 1.28. The molecule has 1 unspecified atom stereocenters. The van der Waals surface area contributed by atoms with E-state index in [4.69, 9.17) is 4.74 Å². The fourth-order valence-corrected chi connectivity index (χ4v) is 3.15. The number of aromatic nitrogens is 2. The van der Waals surface area contributed by atoms with Crippen molar-refractivity contribution in [3.8, 4) is 0 Å². The van der Waals surface area contributed by atoms with Crippen LogP contribution >= 0.6 is 0 Å². The molecule has 84 valence electrons. The molecule has 3 rings (SSSR count). The van der Waals surface area contributed by atoms with Crippen LogP contribution in [0.5, 0.6) is 0 Å². The van der Waals surface area contributed by atoms with Gasteiger partial charge < -0.3 is 0 Å². The molecule has 1 N–H and O–H groups in total. The number of hydrogen-bond donors (Lipinski definition) is 1. The minimum absolute atomic E-state index is 0.0448. The second-order valence-corrected chi connectivity index (χ2v) is 5.10. The van der Waals surface area contributed by atoms with E-state index in [1.165, 1.54) is 6.42 Å². The van der Waals surface area contributed by atoms with Gasteiger partial charge in [-0.3, -0.25) is 0 Å². The van der Waals surface area contributed by atoms with Gasteiger partial charge in [-0.05, 0) is 0 Å². The van der Waals surface area contributed by atoms with E-state index in [2.05, 4.69) is 19.3 Å². The first-order chi connectivity index (χ1) is 7.93. The second-order valence-electron chi connectivity index (χ2n) is 4.00. The molecule has 1 atom stereocenters. The number of nitrogens with zero attached hydrogens (tertiary/aromatic N) is 2. The fraction of sp³-hybridized carbons (Fsp3) is 0.455. The molecule has 16 heavy (non-hydrogen) atoms. The summed E-state index contributed by atoms with van der Waals surface area (Å²) in [6, 6.07) is 6.55. The van der Waals surface area contributed by atoms with Crippen molar-refractivity contribution in [2.45, 2.75) is 18.9 Å². The van der Waals surface area contributed by atoms with E-state index in [-0.39, 0.29) is 15.0 Å². The van der Waals surface area contributed by atoms with Crippen molar-refractivity contribution in [1.29, 1.82) is 0 Å². The van der Waals surface area contributed by atoms with Crippen molar-refractivity contribution in [3.05, 3.63) is 18.2 Å². The van der Waals surface area contributed by atoms with E-state index in [9.17, 15) is 0 Å². The molecule has 2 heterocycles. The van der Waals surface area contributed by atoms with Crippen molar-refractivity contribution in [2.75, 3.05) is 18.5 Å². The Bertz CT molecular complexity index is 479. The maximum absolute atomic E-state index is 5.46. The number of anilines is 1. The van der Waals surface area contributed by atoms with Crippen LogP contribution in [0, 0.1) is 0 Å². The standard InChI is InChI=1S/C11H13N3OSe/c1-4-9(11-10(5-1)13-16-14-11)12-8-3-2-6-15-7-8/h1,4-5,8,12H,2-3,6-7H2. The van der Waals surface area contributed by atoms with Gasteiger partial charge in [0.2, 0.25) is 0 Å².